The summed E-state index contributed by atoms with van der Waals surface area (Å²) in [5.74, 6) is 1.86. The number of aromatic nitrogens is 4. The van der Waals surface area contributed by atoms with Crippen molar-refractivity contribution in [1.82, 2.24) is 19.3 Å². The highest BCUT2D eigenvalue weighted by Gasteiger charge is 2.29. The standard InChI is InChI=1S/C28H23N5O3S/c1-18-7-5-6-10-24(18)33-26-23(16-29-33)27(35)32-20(17-37-28(32)31-26)15-25(34)30-19-11-13-22(14-12-19)36-21-8-3-2-4-9-21/h2-14,16,20H,15,17H2,1H3,(H,30,34). The highest BCUT2D eigenvalue weighted by atomic mass is 32.2. The first-order chi connectivity index (χ1) is 18.1. The fourth-order valence-electron chi connectivity index (χ4n) is 4.42. The molecule has 6 rings (SSSR count). The van der Waals surface area contributed by atoms with Crippen LogP contribution in [0.3, 0.4) is 0 Å². The molecule has 0 bridgehead atoms. The molecule has 0 spiro atoms. The van der Waals surface area contributed by atoms with Crippen LogP contribution >= 0.6 is 11.8 Å². The summed E-state index contributed by atoms with van der Waals surface area (Å²) in [4.78, 5) is 31.0. The molecule has 0 saturated heterocycles. The lowest BCUT2D eigenvalue weighted by Crippen LogP contribution is -2.27. The van der Waals surface area contributed by atoms with Crippen LogP contribution in [0.1, 0.15) is 18.0 Å². The maximum atomic E-state index is 13.4. The Balaban J connectivity index is 1.18. The lowest BCUT2D eigenvalue weighted by molar-refractivity contribution is -0.116. The van der Waals surface area contributed by atoms with Gasteiger partial charge in [-0.05, 0) is 55.0 Å². The zero-order valence-electron chi connectivity index (χ0n) is 20.0. The number of carbonyl (C=O) groups excluding carboxylic acids is 1. The highest BCUT2D eigenvalue weighted by molar-refractivity contribution is 7.99. The van der Waals surface area contributed by atoms with E-state index in [1.165, 1.54) is 11.8 Å². The first-order valence-electron chi connectivity index (χ1n) is 11.9. The Kier molecular flexibility index (Phi) is 5.97. The predicted octanol–water partition coefficient (Wildman–Crippen LogP) is 5.36. The predicted molar refractivity (Wildman–Crippen MR) is 144 cm³/mol. The van der Waals surface area contributed by atoms with Crippen molar-refractivity contribution in [3.8, 4) is 17.2 Å². The molecule has 0 saturated carbocycles. The van der Waals surface area contributed by atoms with E-state index in [0.717, 1.165) is 17.0 Å². The molecule has 2 aromatic heterocycles. The van der Waals surface area contributed by atoms with E-state index < -0.39 is 0 Å². The van der Waals surface area contributed by atoms with Gasteiger partial charge in [-0.25, -0.2) is 9.67 Å². The van der Waals surface area contributed by atoms with Gasteiger partial charge < -0.3 is 10.1 Å². The summed E-state index contributed by atoms with van der Waals surface area (Å²) in [5.41, 5.74) is 2.94. The van der Waals surface area contributed by atoms with Crippen molar-refractivity contribution >= 4 is 34.4 Å². The topological polar surface area (TPSA) is 91.0 Å². The summed E-state index contributed by atoms with van der Waals surface area (Å²) in [6, 6.07) is 24.3. The van der Waals surface area contributed by atoms with Crippen molar-refractivity contribution < 1.29 is 9.53 Å². The molecule has 1 atom stereocenters. The van der Waals surface area contributed by atoms with Crippen LogP contribution in [0, 0.1) is 6.92 Å². The first kappa shape index (κ1) is 23.1. The summed E-state index contributed by atoms with van der Waals surface area (Å²) >= 11 is 1.48. The van der Waals surface area contributed by atoms with E-state index in [4.69, 9.17) is 9.72 Å². The molecule has 184 valence electrons. The van der Waals surface area contributed by atoms with Crippen molar-refractivity contribution in [1.29, 1.82) is 0 Å². The Hall–Kier alpha value is -4.37. The van der Waals surface area contributed by atoms with Crippen LogP contribution in [0.2, 0.25) is 0 Å². The number of benzene rings is 3. The van der Waals surface area contributed by atoms with E-state index in [1.807, 2.05) is 61.5 Å². The largest absolute Gasteiger partial charge is 0.457 e. The van der Waals surface area contributed by atoms with Gasteiger partial charge >= 0.3 is 0 Å². The highest BCUT2D eigenvalue weighted by Crippen LogP contribution is 2.34. The van der Waals surface area contributed by atoms with Gasteiger partial charge in [0.05, 0.1) is 17.9 Å². The molecule has 0 fully saturated rings. The lowest BCUT2D eigenvalue weighted by atomic mass is 10.2. The Morgan fingerprint density at radius 1 is 1.03 bits per heavy atom. The second-order valence-electron chi connectivity index (χ2n) is 8.81. The van der Waals surface area contributed by atoms with Crippen molar-refractivity contribution in [2.24, 2.45) is 0 Å². The van der Waals surface area contributed by atoms with E-state index in [-0.39, 0.29) is 23.9 Å². The number of rotatable bonds is 6. The van der Waals surface area contributed by atoms with E-state index in [1.54, 1.807) is 39.7 Å². The Labute approximate surface area is 216 Å². The molecule has 3 heterocycles. The summed E-state index contributed by atoms with van der Waals surface area (Å²) in [7, 11) is 0. The van der Waals surface area contributed by atoms with Crippen LogP contribution in [0.5, 0.6) is 11.5 Å². The third-order valence-corrected chi connectivity index (χ3v) is 7.35. The van der Waals surface area contributed by atoms with E-state index in [9.17, 15) is 9.59 Å². The molecule has 8 nitrogen and oxygen atoms in total. The van der Waals surface area contributed by atoms with Gasteiger partial charge in [0.2, 0.25) is 5.91 Å². The van der Waals surface area contributed by atoms with Crippen LogP contribution < -0.4 is 15.6 Å². The van der Waals surface area contributed by atoms with Gasteiger partial charge in [0.1, 0.15) is 16.9 Å². The number of fused-ring (bicyclic) bond motifs is 2. The number of para-hydroxylation sites is 2. The number of thioether (sulfide) groups is 1. The second-order valence-corrected chi connectivity index (χ2v) is 9.79. The van der Waals surface area contributed by atoms with E-state index >= 15 is 0 Å². The Morgan fingerprint density at radius 2 is 1.76 bits per heavy atom. The normalized spacial score (nSPS) is 14.5. The van der Waals surface area contributed by atoms with Crippen LogP contribution in [-0.4, -0.2) is 31.0 Å². The molecule has 1 unspecified atom stereocenters. The molecule has 37 heavy (non-hydrogen) atoms. The van der Waals surface area contributed by atoms with Crippen LogP contribution in [-0.2, 0) is 4.79 Å². The maximum Gasteiger partial charge on any atom is 0.265 e. The van der Waals surface area contributed by atoms with Gasteiger partial charge in [-0.3, -0.25) is 14.2 Å². The first-order valence-corrected chi connectivity index (χ1v) is 12.9. The van der Waals surface area contributed by atoms with Gasteiger partial charge in [-0.15, -0.1) is 0 Å². The van der Waals surface area contributed by atoms with Crippen LogP contribution in [0.25, 0.3) is 16.7 Å². The summed E-state index contributed by atoms with van der Waals surface area (Å²) in [6.07, 6.45) is 1.73. The Bertz CT molecular complexity index is 1660. The lowest BCUT2D eigenvalue weighted by Gasteiger charge is -2.14. The molecular formula is C28H23N5O3S. The van der Waals surface area contributed by atoms with Crippen LogP contribution in [0.15, 0.2) is 95.0 Å². The number of anilines is 1. The number of nitrogens with one attached hydrogen (secondary N) is 1. The molecule has 1 amide bonds. The maximum absolute atomic E-state index is 13.4. The van der Waals surface area contributed by atoms with Gasteiger partial charge in [0, 0.05) is 17.9 Å². The SMILES string of the molecule is Cc1ccccc1-n1ncc2c(=O)n3c(nc21)SCC3CC(=O)Nc1ccc(Oc2ccccc2)cc1. The zero-order valence-corrected chi connectivity index (χ0v) is 20.8. The quantitative estimate of drug-likeness (QED) is 0.310. The number of nitrogens with zero attached hydrogens (tertiary/aromatic N) is 4. The molecule has 1 N–H and O–H groups in total. The van der Waals surface area contributed by atoms with Crippen molar-refractivity contribution in [2.45, 2.75) is 24.5 Å². The minimum Gasteiger partial charge on any atom is -0.457 e. The van der Waals surface area contributed by atoms with E-state index in [0.29, 0.717) is 33.4 Å². The minimum atomic E-state index is -0.285. The smallest absolute Gasteiger partial charge is 0.265 e. The van der Waals surface area contributed by atoms with Gasteiger partial charge in [0.25, 0.3) is 5.56 Å². The van der Waals surface area contributed by atoms with Crippen molar-refractivity contribution in [2.75, 3.05) is 11.1 Å². The number of ether oxygens (including phenoxy) is 1. The molecule has 9 heteroatoms. The van der Waals surface area contributed by atoms with Gasteiger partial charge in [0.15, 0.2) is 10.8 Å². The molecule has 1 aliphatic rings. The summed E-state index contributed by atoms with van der Waals surface area (Å²) in [5, 5.41) is 8.41. The third kappa shape index (κ3) is 4.49. The zero-order chi connectivity index (χ0) is 25.4. The van der Waals surface area contributed by atoms with Crippen LogP contribution in [0.4, 0.5) is 5.69 Å². The summed E-state index contributed by atoms with van der Waals surface area (Å²) < 4.78 is 9.14. The monoisotopic (exact) mass is 509 g/mol. The number of amides is 1. The molecule has 1 aliphatic heterocycles. The van der Waals surface area contributed by atoms with Crippen molar-refractivity contribution in [3.63, 3.8) is 0 Å². The van der Waals surface area contributed by atoms with Gasteiger partial charge in [-0.2, -0.15) is 5.10 Å². The molecule has 5 aromatic rings. The molecule has 0 aliphatic carbocycles. The average Bonchev–Trinajstić information content (AvgIpc) is 3.51. The summed E-state index contributed by atoms with van der Waals surface area (Å²) in [6.45, 7) is 2.00. The fourth-order valence-corrected chi connectivity index (χ4v) is 5.55. The van der Waals surface area contributed by atoms with E-state index in [2.05, 4.69) is 10.4 Å². The number of carbonyl (C=O) groups is 1. The second kappa shape index (κ2) is 9.59. The molecule has 0 radical (unpaired) electrons. The number of hydrogen-bond acceptors (Lipinski definition) is 6. The minimum absolute atomic E-state index is 0.168. The fraction of sp³-hybridized carbons (Fsp3) is 0.143. The molecule has 3 aromatic carbocycles. The third-order valence-electron chi connectivity index (χ3n) is 6.25. The van der Waals surface area contributed by atoms with Crippen molar-refractivity contribution in [3.05, 3.63) is 101 Å². The average molecular weight is 510 g/mol. The molecular weight excluding hydrogens is 486 g/mol. The van der Waals surface area contributed by atoms with Gasteiger partial charge in [-0.1, -0.05) is 48.2 Å². The number of aryl methyl sites for hydroxylation is 1. The number of hydrogen-bond donors (Lipinski definition) is 1. The Morgan fingerprint density at radius 3 is 2.54 bits per heavy atom.